The Morgan fingerprint density at radius 3 is 2.00 bits per heavy atom. The van der Waals surface area contributed by atoms with Crippen LogP contribution in [0, 0.1) is 5.41 Å². The molecule has 0 saturated carbocycles. The third-order valence-corrected chi connectivity index (χ3v) is 2.63. The van der Waals surface area contributed by atoms with Gasteiger partial charge >= 0.3 is 5.97 Å². The molecule has 0 aliphatic heterocycles. The van der Waals surface area contributed by atoms with Gasteiger partial charge in [-0.15, -0.1) is 0 Å². The van der Waals surface area contributed by atoms with Gasteiger partial charge in [0.2, 0.25) is 6.29 Å². The van der Waals surface area contributed by atoms with E-state index in [1.807, 2.05) is 13.8 Å². The first-order valence-electron chi connectivity index (χ1n) is 7.52. The number of esters is 1. The summed E-state index contributed by atoms with van der Waals surface area (Å²) in [6.07, 6.45) is 1.34. The van der Waals surface area contributed by atoms with Gasteiger partial charge in [-0.25, -0.2) is 4.79 Å². The van der Waals surface area contributed by atoms with Crippen LogP contribution < -0.4 is 0 Å². The highest BCUT2D eigenvalue weighted by Crippen LogP contribution is 2.20. The van der Waals surface area contributed by atoms with Crippen LogP contribution in [0.1, 0.15) is 54.4 Å². The standard InChI is InChI=1S/C16H30O5/c1-7-9-19-14(20-10-8-2)12(3)11-13(17)21-15(18)16(4,5)6/h11,14-15,18H,7-10H2,1-6H3. The summed E-state index contributed by atoms with van der Waals surface area (Å²) in [5, 5.41) is 9.76. The van der Waals surface area contributed by atoms with Crippen LogP contribution in [0.2, 0.25) is 0 Å². The summed E-state index contributed by atoms with van der Waals surface area (Å²) >= 11 is 0. The van der Waals surface area contributed by atoms with Crippen LogP contribution in [-0.4, -0.2) is 36.9 Å². The number of aliphatic hydroxyl groups excluding tert-OH is 1. The van der Waals surface area contributed by atoms with Gasteiger partial charge in [-0.1, -0.05) is 34.6 Å². The fourth-order valence-corrected chi connectivity index (χ4v) is 1.34. The SMILES string of the molecule is CCCOC(OCCC)C(C)=CC(=O)OC(O)C(C)(C)C. The monoisotopic (exact) mass is 302 g/mol. The Labute approximate surface area is 128 Å². The zero-order valence-electron chi connectivity index (χ0n) is 14.1. The molecule has 0 aliphatic rings. The zero-order chi connectivity index (χ0) is 16.5. The predicted octanol–water partition coefficient (Wildman–Crippen LogP) is 3.02. The number of rotatable bonds is 9. The van der Waals surface area contributed by atoms with Gasteiger partial charge in [-0.05, 0) is 25.3 Å². The quantitative estimate of drug-likeness (QED) is 0.403. The van der Waals surface area contributed by atoms with E-state index in [4.69, 9.17) is 14.2 Å². The largest absolute Gasteiger partial charge is 0.432 e. The van der Waals surface area contributed by atoms with Crippen LogP contribution in [0.5, 0.6) is 0 Å². The molecule has 0 aromatic rings. The first kappa shape index (κ1) is 20.1. The number of aliphatic hydroxyl groups is 1. The molecule has 0 aliphatic carbocycles. The fraction of sp³-hybridized carbons (Fsp3) is 0.812. The van der Waals surface area contributed by atoms with Gasteiger partial charge < -0.3 is 19.3 Å². The van der Waals surface area contributed by atoms with Gasteiger partial charge in [-0.2, -0.15) is 0 Å². The van der Waals surface area contributed by atoms with E-state index in [0.29, 0.717) is 18.8 Å². The van der Waals surface area contributed by atoms with E-state index in [2.05, 4.69) is 0 Å². The van der Waals surface area contributed by atoms with Gasteiger partial charge in [0.15, 0.2) is 6.29 Å². The van der Waals surface area contributed by atoms with Gasteiger partial charge in [0.1, 0.15) is 0 Å². The molecule has 0 aromatic carbocycles. The summed E-state index contributed by atoms with van der Waals surface area (Å²) in [7, 11) is 0. The van der Waals surface area contributed by atoms with Crippen molar-refractivity contribution in [2.45, 2.75) is 67.0 Å². The molecule has 21 heavy (non-hydrogen) atoms. The van der Waals surface area contributed by atoms with Crippen LogP contribution in [-0.2, 0) is 19.0 Å². The molecule has 1 atom stereocenters. The highest BCUT2D eigenvalue weighted by atomic mass is 16.7. The number of ether oxygens (including phenoxy) is 3. The van der Waals surface area contributed by atoms with Gasteiger partial charge in [-0.3, -0.25) is 0 Å². The topological polar surface area (TPSA) is 65.0 Å². The highest BCUT2D eigenvalue weighted by molar-refractivity contribution is 5.82. The third kappa shape index (κ3) is 8.86. The van der Waals surface area contributed by atoms with Crippen LogP contribution >= 0.6 is 0 Å². The molecule has 124 valence electrons. The zero-order valence-corrected chi connectivity index (χ0v) is 14.1. The molecule has 0 bridgehead atoms. The molecule has 0 amide bonds. The van der Waals surface area contributed by atoms with Crippen LogP contribution in [0.15, 0.2) is 11.6 Å². The number of hydrogen-bond acceptors (Lipinski definition) is 5. The summed E-state index contributed by atoms with van der Waals surface area (Å²) in [5.74, 6) is -0.597. The molecule has 0 rings (SSSR count). The van der Waals surface area contributed by atoms with Crippen LogP contribution in [0.3, 0.4) is 0 Å². The maximum atomic E-state index is 11.8. The molecule has 0 heterocycles. The molecular weight excluding hydrogens is 272 g/mol. The van der Waals surface area contributed by atoms with E-state index < -0.39 is 24.0 Å². The molecule has 5 nitrogen and oxygen atoms in total. The smallest absolute Gasteiger partial charge is 0.333 e. The molecule has 0 radical (unpaired) electrons. The Bertz CT molecular complexity index is 322. The molecule has 1 unspecified atom stereocenters. The summed E-state index contributed by atoms with van der Waals surface area (Å²) in [6, 6.07) is 0. The molecule has 0 saturated heterocycles. The Kier molecular flexibility index (Phi) is 9.49. The Balaban J connectivity index is 4.65. The molecular formula is C16H30O5. The summed E-state index contributed by atoms with van der Waals surface area (Å²) < 4.78 is 16.1. The Hall–Kier alpha value is -0.910. The van der Waals surface area contributed by atoms with Crippen LogP contribution in [0.4, 0.5) is 0 Å². The minimum atomic E-state index is -1.15. The van der Waals surface area contributed by atoms with Gasteiger partial charge in [0, 0.05) is 24.7 Å². The Morgan fingerprint density at radius 2 is 1.62 bits per heavy atom. The maximum Gasteiger partial charge on any atom is 0.333 e. The second-order valence-corrected chi connectivity index (χ2v) is 6.12. The third-order valence-electron chi connectivity index (χ3n) is 2.63. The number of carbonyl (C=O) groups is 1. The van der Waals surface area contributed by atoms with E-state index in [9.17, 15) is 9.90 Å². The van der Waals surface area contributed by atoms with E-state index in [-0.39, 0.29) is 0 Å². The Morgan fingerprint density at radius 1 is 1.14 bits per heavy atom. The van der Waals surface area contributed by atoms with E-state index in [0.717, 1.165) is 12.8 Å². The first-order chi connectivity index (χ1) is 9.72. The van der Waals surface area contributed by atoms with Crippen molar-refractivity contribution in [2.24, 2.45) is 5.41 Å². The average Bonchev–Trinajstić information content (AvgIpc) is 2.37. The lowest BCUT2D eigenvalue weighted by atomic mass is 9.96. The van der Waals surface area contributed by atoms with Crippen molar-refractivity contribution in [3.8, 4) is 0 Å². The molecule has 0 spiro atoms. The lowest BCUT2D eigenvalue weighted by molar-refractivity contribution is -0.181. The van der Waals surface area contributed by atoms with E-state index >= 15 is 0 Å². The van der Waals surface area contributed by atoms with Crippen molar-refractivity contribution in [1.29, 1.82) is 0 Å². The predicted molar refractivity (Wildman–Crippen MR) is 81.6 cm³/mol. The maximum absolute atomic E-state index is 11.8. The van der Waals surface area contributed by atoms with Crippen molar-refractivity contribution in [3.05, 3.63) is 11.6 Å². The van der Waals surface area contributed by atoms with Gasteiger partial charge in [0.05, 0.1) is 0 Å². The minimum Gasteiger partial charge on any atom is -0.432 e. The summed E-state index contributed by atoms with van der Waals surface area (Å²) in [5.41, 5.74) is 0.108. The summed E-state index contributed by atoms with van der Waals surface area (Å²) in [6.45, 7) is 12.2. The second kappa shape index (κ2) is 9.92. The molecule has 5 heteroatoms. The minimum absolute atomic E-state index is 0.520. The highest BCUT2D eigenvalue weighted by Gasteiger charge is 2.25. The lowest BCUT2D eigenvalue weighted by Crippen LogP contribution is -2.31. The molecule has 0 fully saturated rings. The second-order valence-electron chi connectivity index (χ2n) is 6.12. The van der Waals surface area contributed by atoms with E-state index in [1.54, 1.807) is 27.7 Å². The first-order valence-corrected chi connectivity index (χ1v) is 7.52. The van der Waals surface area contributed by atoms with Crippen LogP contribution in [0.25, 0.3) is 0 Å². The average molecular weight is 302 g/mol. The van der Waals surface area contributed by atoms with E-state index in [1.165, 1.54) is 6.08 Å². The van der Waals surface area contributed by atoms with Crippen molar-refractivity contribution in [1.82, 2.24) is 0 Å². The van der Waals surface area contributed by atoms with Crippen molar-refractivity contribution >= 4 is 5.97 Å². The van der Waals surface area contributed by atoms with Crippen molar-refractivity contribution in [2.75, 3.05) is 13.2 Å². The normalized spacial score (nSPS) is 14.4. The summed E-state index contributed by atoms with van der Waals surface area (Å²) in [4.78, 5) is 11.8. The molecule has 1 N–H and O–H groups in total. The lowest BCUT2D eigenvalue weighted by Gasteiger charge is -2.25. The fourth-order valence-electron chi connectivity index (χ4n) is 1.34. The van der Waals surface area contributed by atoms with Crippen molar-refractivity contribution in [3.63, 3.8) is 0 Å². The van der Waals surface area contributed by atoms with Gasteiger partial charge in [0.25, 0.3) is 0 Å². The number of carbonyl (C=O) groups excluding carboxylic acids is 1. The van der Waals surface area contributed by atoms with Crippen molar-refractivity contribution < 1.29 is 24.1 Å². The number of hydrogen-bond donors (Lipinski definition) is 1. The molecule has 0 aromatic heterocycles.